The molecule has 0 saturated carbocycles. The summed E-state index contributed by atoms with van der Waals surface area (Å²) in [5.41, 5.74) is 4.33. The molecule has 1 fully saturated rings. The lowest BCUT2D eigenvalue weighted by atomic mass is 10.0. The monoisotopic (exact) mass is 741 g/mol. The van der Waals surface area contributed by atoms with Gasteiger partial charge >= 0.3 is 0 Å². The van der Waals surface area contributed by atoms with E-state index in [9.17, 15) is 28.8 Å². The SMILES string of the molecule is CSC1CC(=O)N(CCC(=O)NCCOC(C)(C)CCOC(C)(C)CCC(=O)NC(CCCCNC(=O)I)C(N)=O)C1=O. The Hall–Kier alpha value is -1.98. The Morgan fingerprint density at radius 3 is 2.23 bits per heavy atom. The second-order valence-corrected chi connectivity index (χ2v) is 13.6. The highest BCUT2D eigenvalue weighted by atomic mass is 127. The molecule has 43 heavy (non-hydrogen) atoms. The topological polar surface area (TPSA) is 186 Å². The summed E-state index contributed by atoms with van der Waals surface area (Å²) in [6.07, 6.45) is 4.90. The number of nitrogens with two attached hydrogens (primary N) is 1. The van der Waals surface area contributed by atoms with Crippen LogP contribution >= 0.6 is 34.4 Å². The molecule has 2 unspecified atom stereocenters. The summed E-state index contributed by atoms with van der Waals surface area (Å²) in [7, 11) is 0. The van der Waals surface area contributed by atoms with Gasteiger partial charge in [-0.3, -0.25) is 33.7 Å². The Morgan fingerprint density at radius 2 is 1.63 bits per heavy atom. The molecule has 0 spiro atoms. The van der Waals surface area contributed by atoms with Crippen molar-refractivity contribution in [2.24, 2.45) is 5.73 Å². The van der Waals surface area contributed by atoms with Crippen molar-refractivity contribution in [2.45, 2.75) is 102 Å². The van der Waals surface area contributed by atoms with Crippen LogP contribution in [0.25, 0.3) is 0 Å². The molecule has 0 aromatic carbocycles. The van der Waals surface area contributed by atoms with E-state index in [4.69, 9.17) is 15.2 Å². The third-order valence-corrected chi connectivity index (χ3v) is 8.30. The number of amides is 6. The van der Waals surface area contributed by atoms with Gasteiger partial charge in [0.2, 0.25) is 29.5 Å². The number of carbonyl (C=O) groups is 6. The molecule has 0 aliphatic carbocycles. The molecule has 1 saturated heterocycles. The zero-order valence-corrected chi connectivity index (χ0v) is 28.9. The number of likely N-dealkylation sites (tertiary alicyclic amines) is 1. The van der Waals surface area contributed by atoms with Crippen molar-refractivity contribution in [3.8, 4) is 0 Å². The Balaban J connectivity index is 2.26. The molecular weight excluding hydrogens is 693 g/mol. The molecule has 1 aliphatic heterocycles. The maximum atomic E-state index is 12.5. The van der Waals surface area contributed by atoms with Crippen LogP contribution in [0.1, 0.15) is 79.1 Å². The molecule has 15 heteroatoms. The number of halogens is 1. The molecule has 1 heterocycles. The minimum absolute atomic E-state index is 0.0474. The van der Waals surface area contributed by atoms with E-state index in [1.807, 2.05) is 27.7 Å². The molecular formula is C28H48IN5O8S. The predicted molar refractivity (Wildman–Crippen MR) is 173 cm³/mol. The van der Waals surface area contributed by atoms with Gasteiger partial charge < -0.3 is 31.2 Å². The van der Waals surface area contributed by atoms with Gasteiger partial charge in [0.25, 0.3) is 3.91 Å². The zero-order chi connectivity index (χ0) is 32.6. The first-order chi connectivity index (χ1) is 20.1. The van der Waals surface area contributed by atoms with Gasteiger partial charge in [-0.1, -0.05) is 0 Å². The lowest BCUT2D eigenvalue weighted by Crippen LogP contribution is -2.45. The summed E-state index contributed by atoms with van der Waals surface area (Å²) >= 11 is 2.99. The van der Waals surface area contributed by atoms with E-state index in [1.54, 1.807) is 28.8 Å². The van der Waals surface area contributed by atoms with Crippen LogP contribution in [0.2, 0.25) is 0 Å². The summed E-state index contributed by atoms with van der Waals surface area (Å²) in [5, 5.41) is 7.76. The fourth-order valence-corrected chi connectivity index (χ4v) is 5.14. The van der Waals surface area contributed by atoms with E-state index in [2.05, 4.69) is 16.0 Å². The average molecular weight is 742 g/mol. The van der Waals surface area contributed by atoms with Crippen LogP contribution in [-0.2, 0) is 33.4 Å². The van der Waals surface area contributed by atoms with E-state index in [0.717, 1.165) is 4.90 Å². The predicted octanol–water partition coefficient (Wildman–Crippen LogP) is 2.03. The fraction of sp³-hybridized carbons (Fsp3) is 0.786. The highest BCUT2D eigenvalue weighted by Gasteiger charge is 2.37. The minimum Gasteiger partial charge on any atom is -0.375 e. The number of nitrogens with zero attached hydrogens (tertiary/aromatic N) is 1. The number of hydrogen-bond donors (Lipinski definition) is 4. The van der Waals surface area contributed by atoms with Crippen molar-refractivity contribution < 1.29 is 38.2 Å². The first-order valence-corrected chi connectivity index (χ1v) is 16.9. The van der Waals surface area contributed by atoms with Crippen LogP contribution in [0.4, 0.5) is 4.79 Å². The van der Waals surface area contributed by atoms with Gasteiger partial charge in [-0.25, -0.2) is 0 Å². The quantitative estimate of drug-likeness (QED) is 0.0424. The summed E-state index contributed by atoms with van der Waals surface area (Å²) in [6, 6.07) is -0.763. The lowest BCUT2D eigenvalue weighted by molar-refractivity contribution is -0.138. The number of primary amides is 1. The number of unbranched alkanes of at least 4 members (excludes halogenated alkanes) is 1. The molecule has 1 rings (SSSR count). The van der Waals surface area contributed by atoms with Crippen LogP contribution in [0.15, 0.2) is 0 Å². The van der Waals surface area contributed by atoms with Crippen molar-refractivity contribution in [1.82, 2.24) is 20.9 Å². The molecule has 0 radical (unpaired) electrons. The smallest absolute Gasteiger partial charge is 0.280 e. The van der Waals surface area contributed by atoms with Gasteiger partial charge in [0, 0.05) is 61.5 Å². The first kappa shape index (κ1) is 39.0. The van der Waals surface area contributed by atoms with E-state index >= 15 is 0 Å². The first-order valence-electron chi connectivity index (χ1n) is 14.5. The molecule has 0 bridgehead atoms. The molecule has 5 N–H and O–H groups in total. The molecule has 6 amide bonds. The Bertz CT molecular complexity index is 981. The fourth-order valence-electron chi connectivity index (χ4n) is 4.24. The van der Waals surface area contributed by atoms with Crippen molar-refractivity contribution in [3.63, 3.8) is 0 Å². The third kappa shape index (κ3) is 16.6. The summed E-state index contributed by atoms with van der Waals surface area (Å²) in [4.78, 5) is 72.5. The second kappa shape index (κ2) is 19.4. The zero-order valence-electron chi connectivity index (χ0n) is 25.9. The van der Waals surface area contributed by atoms with Crippen LogP contribution in [0.5, 0.6) is 0 Å². The number of nitrogens with one attached hydrogen (secondary N) is 3. The maximum absolute atomic E-state index is 12.5. The van der Waals surface area contributed by atoms with Gasteiger partial charge in [-0.05, 0) is 66.1 Å². The van der Waals surface area contributed by atoms with Crippen LogP contribution in [-0.4, -0.2) is 99.9 Å². The molecule has 2 atom stereocenters. The van der Waals surface area contributed by atoms with Gasteiger partial charge in [-0.15, -0.1) is 0 Å². The second-order valence-electron chi connectivity index (χ2n) is 11.6. The number of hydrogen-bond acceptors (Lipinski definition) is 9. The van der Waals surface area contributed by atoms with Crippen molar-refractivity contribution in [3.05, 3.63) is 0 Å². The van der Waals surface area contributed by atoms with Crippen molar-refractivity contribution in [1.29, 1.82) is 0 Å². The van der Waals surface area contributed by atoms with Gasteiger partial charge in [0.1, 0.15) is 6.04 Å². The number of rotatable bonds is 22. The van der Waals surface area contributed by atoms with Crippen molar-refractivity contribution >= 4 is 67.8 Å². The largest absolute Gasteiger partial charge is 0.375 e. The van der Waals surface area contributed by atoms with E-state index in [0.29, 0.717) is 51.8 Å². The third-order valence-electron chi connectivity index (χ3n) is 6.98. The van der Waals surface area contributed by atoms with E-state index in [-0.39, 0.29) is 65.2 Å². The summed E-state index contributed by atoms with van der Waals surface area (Å²) < 4.78 is 11.8. The summed E-state index contributed by atoms with van der Waals surface area (Å²) in [5.74, 6) is -1.61. The van der Waals surface area contributed by atoms with E-state index in [1.165, 1.54) is 11.8 Å². The van der Waals surface area contributed by atoms with E-state index < -0.39 is 23.2 Å². The summed E-state index contributed by atoms with van der Waals surface area (Å²) in [6.45, 7) is 9.16. The lowest BCUT2D eigenvalue weighted by Gasteiger charge is -2.30. The van der Waals surface area contributed by atoms with Crippen LogP contribution in [0.3, 0.4) is 0 Å². The maximum Gasteiger partial charge on any atom is 0.280 e. The number of carbonyl (C=O) groups excluding carboxylic acids is 6. The Kier molecular flexibility index (Phi) is 17.6. The molecule has 13 nitrogen and oxygen atoms in total. The minimum atomic E-state index is -0.763. The van der Waals surface area contributed by atoms with Gasteiger partial charge in [-0.2, -0.15) is 11.8 Å². The van der Waals surface area contributed by atoms with Gasteiger partial charge in [0.15, 0.2) is 0 Å². The average Bonchev–Trinajstić information content (AvgIpc) is 3.19. The Morgan fingerprint density at radius 1 is 0.977 bits per heavy atom. The molecule has 1 aliphatic rings. The van der Waals surface area contributed by atoms with Crippen molar-refractivity contribution in [2.75, 3.05) is 39.1 Å². The number of ether oxygens (including phenoxy) is 2. The van der Waals surface area contributed by atoms with Gasteiger partial charge in [0.05, 0.1) is 29.7 Å². The standard InChI is InChI=1S/C28H48IN5O8S/c1-27(2,11-9-22(36)33-19(24(30)38)8-6-7-13-32-26(29)40)41-16-12-28(3,4)42-17-14-31-21(35)10-15-34-23(37)18-20(43-5)25(34)39/h19-20H,6-18H2,1-5H3,(H2,30,38)(H,31,35)(H,32,40)(H,33,36). The van der Waals surface area contributed by atoms with Crippen LogP contribution < -0.4 is 21.7 Å². The van der Waals surface area contributed by atoms with Crippen LogP contribution in [0, 0.1) is 0 Å². The number of thioether (sulfide) groups is 1. The Labute approximate surface area is 272 Å². The molecule has 246 valence electrons. The highest BCUT2D eigenvalue weighted by molar-refractivity contribution is 14.1. The normalized spacial score (nSPS) is 16.2. The molecule has 0 aromatic rings. The number of imide groups is 1. The molecule has 0 aromatic heterocycles. The highest BCUT2D eigenvalue weighted by Crippen LogP contribution is 2.23.